The quantitative estimate of drug-likeness (QED) is 0.858. The van der Waals surface area contributed by atoms with Crippen LogP contribution in [-0.2, 0) is 11.2 Å². The van der Waals surface area contributed by atoms with Crippen LogP contribution in [0.5, 0.6) is 0 Å². The van der Waals surface area contributed by atoms with Gasteiger partial charge in [-0.25, -0.2) is 0 Å². The molecule has 0 bridgehead atoms. The maximum absolute atomic E-state index is 5.41. The first kappa shape index (κ1) is 15.6. The molecule has 0 spiro atoms. The summed E-state index contributed by atoms with van der Waals surface area (Å²) < 4.78 is 6.58. The standard InChI is InChI=1S/C18H24BrN3O/c19-13-4-5-16-15(12-13)14-2-1-3-17(18(14)21-16)20-6-7-22-8-10-23-11-9-22/h4-5,12,17,20-21H,1-3,6-11H2. The third-order valence-corrected chi connectivity index (χ3v) is 5.58. The van der Waals surface area contributed by atoms with Crippen LogP contribution in [0.15, 0.2) is 22.7 Å². The smallest absolute Gasteiger partial charge is 0.0594 e. The van der Waals surface area contributed by atoms with Crippen LogP contribution in [0, 0.1) is 0 Å². The van der Waals surface area contributed by atoms with Crippen LogP contribution in [0.4, 0.5) is 0 Å². The molecule has 5 heteroatoms. The third-order valence-electron chi connectivity index (χ3n) is 5.09. The molecule has 0 radical (unpaired) electrons. The summed E-state index contributed by atoms with van der Waals surface area (Å²) in [6.45, 7) is 6.05. The first-order chi connectivity index (χ1) is 11.3. The zero-order valence-electron chi connectivity index (χ0n) is 13.4. The SMILES string of the molecule is Brc1ccc2[nH]c3c(c2c1)CCCC3NCCN1CCOCC1. The molecule has 1 unspecified atom stereocenters. The minimum Gasteiger partial charge on any atom is -0.379 e. The molecule has 4 rings (SSSR count). The van der Waals surface area contributed by atoms with E-state index in [0.717, 1.165) is 43.9 Å². The lowest BCUT2D eigenvalue weighted by atomic mass is 9.92. The lowest BCUT2D eigenvalue weighted by Crippen LogP contribution is -2.41. The molecule has 1 aromatic carbocycles. The predicted molar refractivity (Wildman–Crippen MR) is 96.9 cm³/mol. The van der Waals surface area contributed by atoms with Crippen molar-refractivity contribution in [2.45, 2.75) is 25.3 Å². The number of hydrogen-bond acceptors (Lipinski definition) is 3. The van der Waals surface area contributed by atoms with Crippen molar-refractivity contribution in [3.8, 4) is 0 Å². The molecule has 1 fully saturated rings. The normalized spacial score (nSPS) is 22.4. The Balaban J connectivity index is 1.46. The van der Waals surface area contributed by atoms with E-state index < -0.39 is 0 Å². The number of benzene rings is 1. The van der Waals surface area contributed by atoms with Crippen molar-refractivity contribution in [2.24, 2.45) is 0 Å². The molecular weight excluding hydrogens is 354 g/mol. The van der Waals surface area contributed by atoms with E-state index in [1.165, 1.54) is 41.4 Å². The number of nitrogens with zero attached hydrogens (tertiary/aromatic N) is 1. The summed E-state index contributed by atoms with van der Waals surface area (Å²) in [6.07, 6.45) is 3.68. The highest BCUT2D eigenvalue weighted by molar-refractivity contribution is 9.10. The van der Waals surface area contributed by atoms with E-state index in [0.29, 0.717) is 6.04 Å². The maximum atomic E-state index is 5.41. The average molecular weight is 378 g/mol. The number of hydrogen-bond donors (Lipinski definition) is 2. The van der Waals surface area contributed by atoms with Gasteiger partial charge in [0.1, 0.15) is 0 Å². The molecule has 1 aromatic heterocycles. The molecule has 2 heterocycles. The van der Waals surface area contributed by atoms with Crippen molar-refractivity contribution in [3.63, 3.8) is 0 Å². The molecule has 2 N–H and O–H groups in total. The van der Waals surface area contributed by atoms with Crippen molar-refractivity contribution >= 4 is 26.8 Å². The van der Waals surface area contributed by atoms with E-state index in [1.54, 1.807) is 0 Å². The van der Waals surface area contributed by atoms with Gasteiger partial charge in [0, 0.05) is 53.3 Å². The maximum Gasteiger partial charge on any atom is 0.0594 e. The number of rotatable bonds is 4. The lowest BCUT2D eigenvalue weighted by molar-refractivity contribution is 0.0380. The second kappa shape index (κ2) is 6.93. The number of morpholine rings is 1. The fourth-order valence-electron chi connectivity index (χ4n) is 3.86. The van der Waals surface area contributed by atoms with Crippen LogP contribution in [-0.4, -0.2) is 49.3 Å². The van der Waals surface area contributed by atoms with Crippen molar-refractivity contribution < 1.29 is 4.74 Å². The van der Waals surface area contributed by atoms with Gasteiger partial charge in [0.15, 0.2) is 0 Å². The van der Waals surface area contributed by atoms with Crippen molar-refractivity contribution in [2.75, 3.05) is 39.4 Å². The van der Waals surface area contributed by atoms with Crippen molar-refractivity contribution in [3.05, 3.63) is 33.9 Å². The Morgan fingerprint density at radius 3 is 3.04 bits per heavy atom. The number of H-pyrrole nitrogens is 1. The van der Waals surface area contributed by atoms with Crippen LogP contribution < -0.4 is 5.32 Å². The van der Waals surface area contributed by atoms with E-state index in [9.17, 15) is 0 Å². The number of aryl methyl sites for hydroxylation is 1. The van der Waals surface area contributed by atoms with E-state index in [-0.39, 0.29) is 0 Å². The van der Waals surface area contributed by atoms with Crippen LogP contribution >= 0.6 is 15.9 Å². The molecule has 4 nitrogen and oxygen atoms in total. The van der Waals surface area contributed by atoms with Gasteiger partial charge in [-0.1, -0.05) is 15.9 Å². The van der Waals surface area contributed by atoms with Gasteiger partial charge >= 0.3 is 0 Å². The van der Waals surface area contributed by atoms with Gasteiger partial charge in [0.25, 0.3) is 0 Å². The summed E-state index contributed by atoms with van der Waals surface area (Å²) in [5.41, 5.74) is 4.18. The highest BCUT2D eigenvalue weighted by Gasteiger charge is 2.24. The van der Waals surface area contributed by atoms with Gasteiger partial charge in [0.05, 0.1) is 13.2 Å². The average Bonchev–Trinajstić information content (AvgIpc) is 2.95. The molecule has 1 atom stereocenters. The van der Waals surface area contributed by atoms with Crippen LogP contribution in [0.3, 0.4) is 0 Å². The minimum absolute atomic E-state index is 0.464. The Labute approximate surface area is 145 Å². The number of aromatic nitrogens is 1. The number of halogens is 1. The summed E-state index contributed by atoms with van der Waals surface area (Å²) in [6, 6.07) is 7.01. The molecule has 0 amide bonds. The van der Waals surface area contributed by atoms with Crippen LogP contribution in [0.25, 0.3) is 10.9 Å². The van der Waals surface area contributed by atoms with E-state index in [4.69, 9.17) is 4.74 Å². The van der Waals surface area contributed by atoms with Gasteiger partial charge in [-0.15, -0.1) is 0 Å². The predicted octanol–water partition coefficient (Wildman–Crippen LogP) is 3.23. The summed E-state index contributed by atoms with van der Waals surface area (Å²) >= 11 is 3.60. The zero-order chi connectivity index (χ0) is 15.6. The molecule has 2 aromatic rings. The summed E-state index contributed by atoms with van der Waals surface area (Å²) in [7, 11) is 0. The first-order valence-electron chi connectivity index (χ1n) is 8.65. The monoisotopic (exact) mass is 377 g/mol. The molecular formula is C18H24BrN3O. The number of fused-ring (bicyclic) bond motifs is 3. The molecule has 0 saturated carbocycles. The fraction of sp³-hybridized carbons (Fsp3) is 0.556. The number of nitrogens with one attached hydrogen (secondary N) is 2. The largest absolute Gasteiger partial charge is 0.379 e. The Bertz CT molecular complexity index is 678. The molecule has 1 aliphatic heterocycles. The number of ether oxygens (including phenoxy) is 1. The second-order valence-electron chi connectivity index (χ2n) is 6.56. The van der Waals surface area contributed by atoms with Gasteiger partial charge in [-0.2, -0.15) is 0 Å². The highest BCUT2D eigenvalue weighted by atomic mass is 79.9. The topological polar surface area (TPSA) is 40.3 Å². The lowest BCUT2D eigenvalue weighted by Gasteiger charge is -2.29. The van der Waals surface area contributed by atoms with Crippen LogP contribution in [0.2, 0.25) is 0 Å². The molecule has 1 saturated heterocycles. The second-order valence-corrected chi connectivity index (χ2v) is 7.48. The molecule has 2 aliphatic rings. The zero-order valence-corrected chi connectivity index (χ0v) is 15.0. The van der Waals surface area contributed by atoms with E-state index >= 15 is 0 Å². The summed E-state index contributed by atoms with van der Waals surface area (Å²) in [5.74, 6) is 0. The molecule has 23 heavy (non-hydrogen) atoms. The number of aromatic amines is 1. The van der Waals surface area contributed by atoms with Gasteiger partial charge < -0.3 is 15.0 Å². The Morgan fingerprint density at radius 1 is 1.30 bits per heavy atom. The van der Waals surface area contributed by atoms with Gasteiger partial charge in [-0.3, -0.25) is 4.90 Å². The summed E-state index contributed by atoms with van der Waals surface area (Å²) in [5, 5.41) is 5.16. The Kier molecular flexibility index (Phi) is 4.71. The van der Waals surface area contributed by atoms with E-state index in [2.05, 4.69) is 49.3 Å². The van der Waals surface area contributed by atoms with Crippen LogP contribution in [0.1, 0.15) is 30.1 Å². The minimum atomic E-state index is 0.464. The summed E-state index contributed by atoms with van der Waals surface area (Å²) in [4.78, 5) is 6.15. The third kappa shape index (κ3) is 3.33. The van der Waals surface area contributed by atoms with Gasteiger partial charge in [-0.05, 0) is 43.0 Å². The Hall–Kier alpha value is -0.880. The highest BCUT2D eigenvalue weighted by Crippen LogP contribution is 2.35. The van der Waals surface area contributed by atoms with Gasteiger partial charge in [0.2, 0.25) is 0 Å². The fourth-order valence-corrected chi connectivity index (χ4v) is 4.22. The first-order valence-corrected chi connectivity index (χ1v) is 9.44. The van der Waals surface area contributed by atoms with Crippen molar-refractivity contribution in [1.29, 1.82) is 0 Å². The van der Waals surface area contributed by atoms with E-state index in [1.807, 2.05) is 0 Å². The Morgan fingerprint density at radius 2 is 2.17 bits per heavy atom. The molecule has 124 valence electrons. The van der Waals surface area contributed by atoms with Crippen molar-refractivity contribution in [1.82, 2.24) is 15.2 Å². The molecule has 1 aliphatic carbocycles.